The number of urea groups is 1. The van der Waals surface area contributed by atoms with Gasteiger partial charge in [0.1, 0.15) is 0 Å². The second kappa shape index (κ2) is 4.82. The molecule has 0 aliphatic rings. The molecule has 0 radical (unpaired) electrons. The number of amides is 2. The Morgan fingerprint density at radius 2 is 2.12 bits per heavy atom. The zero-order valence-corrected chi connectivity index (χ0v) is 9.76. The van der Waals surface area contributed by atoms with Crippen LogP contribution in [0.15, 0.2) is 36.7 Å². The van der Waals surface area contributed by atoms with Crippen LogP contribution >= 0.6 is 0 Å². The van der Waals surface area contributed by atoms with Crippen LogP contribution in [-0.4, -0.2) is 22.5 Å². The first-order valence-corrected chi connectivity index (χ1v) is 5.58. The topological polar surface area (TPSA) is 59.2 Å². The first-order valence-electron chi connectivity index (χ1n) is 5.58. The molecular formula is C13H15N3O. The van der Waals surface area contributed by atoms with Crippen molar-refractivity contribution in [3.8, 4) is 0 Å². The summed E-state index contributed by atoms with van der Waals surface area (Å²) in [5, 5.41) is 2.19. The highest BCUT2D eigenvalue weighted by Crippen LogP contribution is 2.18. The van der Waals surface area contributed by atoms with E-state index in [9.17, 15) is 4.79 Å². The molecule has 0 bridgehead atoms. The van der Waals surface area contributed by atoms with E-state index in [0.29, 0.717) is 13.1 Å². The summed E-state index contributed by atoms with van der Waals surface area (Å²) >= 11 is 0. The second-order valence-corrected chi connectivity index (χ2v) is 3.87. The third-order valence-electron chi connectivity index (χ3n) is 2.81. The van der Waals surface area contributed by atoms with Gasteiger partial charge in [-0.2, -0.15) is 0 Å². The first kappa shape index (κ1) is 11.4. The molecule has 1 heterocycles. The van der Waals surface area contributed by atoms with Crippen molar-refractivity contribution in [2.45, 2.75) is 13.5 Å². The summed E-state index contributed by atoms with van der Waals surface area (Å²) in [6, 6.07) is 7.58. The summed E-state index contributed by atoms with van der Waals surface area (Å²) < 4.78 is 0. The fourth-order valence-electron chi connectivity index (χ4n) is 1.86. The Balaban J connectivity index is 2.38. The lowest BCUT2D eigenvalue weighted by molar-refractivity contribution is 0.208. The normalized spacial score (nSPS) is 10.4. The number of carbonyl (C=O) groups is 1. The standard InChI is InChI=1S/C13H15N3O/c1-2-16(13(14)17)9-11-8-15-7-10-5-3-4-6-12(10)11/h3-8H,2,9H2,1H3,(H2,14,17). The molecule has 4 heteroatoms. The Bertz CT molecular complexity index is 534. The molecule has 0 unspecified atom stereocenters. The van der Waals surface area contributed by atoms with Gasteiger partial charge >= 0.3 is 6.03 Å². The van der Waals surface area contributed by atoms with E-state index in [1.54, 1.807) is 11.1 Å². The number of benzene rings is 1. The number of nitrogens with two attached hydrogens (primary N) is 1. The molecule has 2 N–H and O–H groups in total. The van der Waals surface area contributed by atoms with Gasteiger partial charge in [0.2, 0.25) is 0 Å². The van der Waals surface area contributed by atoms with E-state index in [2.05, 4.69) is 4.98 Å². The molecule has 0 spiro atoms. The first-order chi connectivity index (χ1) is 8.22. The Morgan fingerprint density at radius 3 is 2.82 bits per heavy atom. The van der Waals surface area contributed by atoms with Crippen molar-refractivity contribution < 1.29 is 4.79 Å². The number of pyridine rings is 1. The molecule has 4 nitrogen and oxygen atoms in total. The summed E-state index contributed by atoms with van der Waals surface area (Å²) in [5.74, 6) is 0. The van der Waals surface area contributed by atoms with Gasteiger partial charge in [-0.05, 0) is 17.9 Å². The summed E-state index contributed by atoms with van der Waals surface area (Å²) in [6.07, 6.45) is 3.60. The molecule has 0 aliphatic carbocycles. The van der Waals surface area contributed by atoms with Crippen LogP contribution in [0.5, 0.6) is 0 Å². The van der Waals surface area contributed by atoms with Gasteiger partial charge in [-0.3, -0.25) is 4.98 Å². The van der Waals surface area contributed by atoms with Gasteiger partial charge in [0.05, 0.1) is 0 Å². The molecule has 0 fully saturated rings. The number of nitrogens with zero attached hydrogens (tertiary/aromatic N) is 2. The zero-order valence-electron chi connectivity index (χ0n) is 9.76. The van der Waals surface area contributed by atoms with Crippen LogP contribution in [0.3, 0.4) is 0 Å². The van der Waals surface area contributed by atoms with E-state index in [-0.39, 0.29) is 0 Å². The molecule has 17 heavy (non-hydrogen) atoms. The van der Waals surface area contributed by atoms with Gasteiger partial charge in [-0.15, -0.1) is 0 Å². The molecule has 2 amide bonds. The van der Waals surface area contributed by atoms with E-state index in [4.69, 9.17) is 5.73 Å². The summed E-state index contributed by atoms with van der Waals surface area (Å²) in [7, 11) is 0. The molecule has 0 saturated carbocycles. The number of fused-ring (bicyclic) bond motifs is 1. The smallest absolute Gasteiger partial charge is 0.315 e. The zero-order chi connectivity index (χ0) is 12.3. The monoisotopic (exact) mass is 229 g/mol. The van der Waals surface area contributed by atoms with Crippen molar-refractivity contribution in [3.05, 3.63) is 42.2 Å². The number of primary amides is 1. The maximum atomic E-state index is 11.2. The van der Waals surface area contributed by atoms with Gasteiger partial charge in [0, 0.05) is 30.9 Å². The number of carbonyl (C=O) groups excluding carboxylic acids is 1. The highest BCUT2D eigenvalue weighted by molar-refractivity contribution is 5.85. The van der Waals surface area contributed by atoms with E-state index in [1.807, 2.05) is 37.4 Å². The molecule has 0 atom stereocenters. The average Bonchev–Trinajstić information content (AvgIpc) is 2.35. The minimum Gasteiger partial charge on any atom is -0.351 e. The minimum absolute atomic E-state index is 0.402. The molecule has 1 aromatic carbocycles. The lowest BCUT2D eigenvalue weighted by Crippen LogP contribution is -2.34. The maximum absolute atomic E-state index is 11.2. The van der Waals surface area contributed by atoms with Crippen LogP contribution < -0.4 is 5.73 Å². The number of rotatable bonds is 3. The van der Waals surface area contributed by atoms with Crippen LogP contribution in [0.1, 0.15) is 12.5 Å². The lowest BCUT2D eigenvalue weighted by atomic mass is 10.1. The largest absolute Gasteiger partial charge is 0.351 e. The number of aromatic nitrogens is 1. The average molecular weight is 229 g/mol. The second-order valence-electron chi connectivity index (χ2n) is 3.87. The molecule has 2 rings (SSSR count). The van der Waals surface area contributed by atoms with Crippen LogP contribution in [0, 0.1) is 0 Å². The molecule has 2 aromatic rings. The predicted octanol–water partition coefficient (Wildman–Crippen LogP) is 2.14. The van der Waals surface area contributed by atoms with Gasteiger partial charge in [-0.1, -0.05) is 24.3 Å². The maximum Gasteiger partial charge on any atom is 0.315 e. The van der Waals surface area contributed by atoms with Crippen molar-refractivity contribution in [2.75, 3.05) is 6.54 Å². The van der Waals surface area contributed by atoms with Crippen molar-refractivity contribution in [1.82, 2.24) is 9.88 Å². The Kier molecular flexibility index (Phi) is 3.23. The molecule has 88 valence electrons. The van der Waals surface area contributed by atoms with Crippen LogP contribution in [0.4, 0.5) is 4.79 Å². The molecule has 1 aromatic heterocycles. The van der Waals surface area contributed by atoms with Crippen LogP contribution in [0.25, 0.3) is 10.8 Å². The van der Waals surface area contributed by atoms with Crippen molar-refractivity contribution in [2.24, 2.45) is 5.73 Å². The van der Waals surface area contributed by atoms with Crippen LogP contribution in [-0.2, 0) is 6.54 Å². The van der Waals surface area contributed by atoms with Gasteiger partial charge < -0.3 is 10.6 Å². The third-order valence-corrected chi connectivity index (χ3v) is 2.81. The molecular weight excluding hydrogens is 214 g/mol. The van der Waals surface area contributed by atoms with Gasteiger partial charge in [0.15, 0.2) is 0 Å². The Labute approximate surface area is 100 Å². The Morgan fingerprint density at radius 1 is 1.35 bits per heavy atom. The molecule has 0 saturated heterocycles. The third kappa shape index (κ3) is 2.36. The van der Waals surface area contributed by atoms with Gasteiger partial charge in [0.25, 0.3) is 0 Å². The van der Waals surface area contributed by atoms with E-state index >= 15 is 0 Å². The number of hydrogen-bond acceptors (Lipinski definition) is 2. The van der Waals surface area contributed by atoms with E-state index < -0.39 is 6.03 Å². The van der Waals surface area contributed by atoms with Crippen LogP contribution in [0.2, 0.25) is 0 Å². The highest BCUT2D eigenvalue weighted by atomic mass is 16.2. The lowest BCUT2D eigenvalue weighted by Gasteiger charge is -2.18. The van der Waals surface area contributed by atoms with E-state index in [1.165, 1.54) is 0 Å². The highest BCUT2D eigenvalue weighted by Gasteiger charge is 2.09. The minimum atomic E-state index is -0.402. The van der Waals surface area contributed by atoms with Crippen molar-refractivity contribution in [1.29, 1.82) is 0 Å². The SMILES string of the molecule is CCN(Cc1cncc2ccccc12)C(N)=O. The fourth-order valence-corrected chi connectivity index (χ4v) is 1.86. The summed E-state index contributed by atoms with van der Waals surface area (Å²) in [4.78, 5) is 17.0. The summed E-state index contributed by atoms with van der Waals surface area (Å²) in [6.45, 7) is 3.00. The Hall–Kier alpha value is -2.10. The quantitative estimate of drug-likeness (QED) is 0.876. The molecule has 0 aliphatic heterocycles. The fraction of sp³-hybridized carbons (Fsp3) is 0.231. The van der Waals surface area contributed by atoms with Crippen molar-refractivity contribution in [3.63, 3.8) is 0 Å². The summed E-state index contributed by atoms with van der Waals surface area (Å²) in [5.41, 5.74) is 6.32. The number of hydrogen-bond donors (Lipinski definition) is 1. The predicted molar refractivity (Wildman–Crippen MR) is 67.4 cm³/mol. The van der Waals surface area contributed by atoms with E-state index in [0.717, 1.165) is 16.3 Å². The van der Waals surface area contributed by atoms with Crippen molar-refractivity contribution >= 4 is 16.8 Å². The van der Waals surface area contributed by atoms with Gasteiger partial charge in [-0.25, -0.2) is 4.79 Å².